The van der Waals surface area contributed by atoms with Crippen molar-refractivity contribution in [3.05, 3.63) is 58.1 Å². The van der Waals surface area contributed by atoms with Crippen LogP contribution in [-0.2, 0) is 13.0 Å². The van der Waals surface area contributed by atoms with E-state index in [9.17, 15) is 4.79 Å². The van der Waals surface area contributed by atoms with Crippen molar-refractivity contribution in [2.24, 2.45) is 0 Å². The van der Waals surface area contributed by atoms with Crippen LogP contribution in [0, 0.1) is 0 Å². The van der Waals surface area contributed by atoms with E-state index >= 15 is 0 Å². The van der Waals surface area contributed by atoms with Gasteiger partial charge in [-0.3, -0.25) is 4.79 Å². The van der Waals surface area contributed by atoms with Crippen LogP contribution in [0.4, 0.5) is 0 Å². The Balaban J connectivity index is 1.66. The Labute approximate surface area is 129 Å². The van der Waals surface area contributed by atoms with Crippen LogP contribution in [0.3, 0.4) is 0 Å². The first-order valence-corrected chi connectivity index (χ1v) is 7.65. The summed E-state index contributed by atoms with van der Waals surface area (Å²) in [7, 11) is 0. The summed E-state index contributed by atoms with van der Waals surface area (Å²) < 4.78 is 5.94. The molecule has 5 heteroatoms. The average Bonchev–Trinajstić information content (AvgIpc) is 3.09. The molecule has 3 heterocycles. The first-order chi connectivity index (χ1) is 10.2. The van der Waals surface area contributed by atoms with Crippen molar-refractivity contribution in [3.8, 4) is 0 Å². The van der Waals surface area contributed by atoms with Gasteiger partial charge in [-0.2, -0.15) is 0 Å². The molecule has 21 heavy (non-hydrogen) atoms. The molecule has 0 fully saturated rings. The van der Waals surface area contributed by atoms with Crippen LogP contribution in [0.5, 0.6) is 0 Å². The zero-order valence-corrected chi connectivity index (χ0v) is 12.8. The molecule has 0 bridgehead atoms. The van der Waals surface area contributed by atoms with Gasteiger partial charge in [0.2, 0.25) is 0 Å². The van der Waals surface area contributed by atoms with Crippen molar-refractivity contribution < 1.29 is 9.21 Å². The van der Waals surface area contributed by atoms with Gasteiger partial charge in [-0.25, -0.2) is 0 Å². The number of hydrogen-bond acceptors (Lipinski definition) is 2. The Bertz CT molecular complexity index is 834. The van der Waals surface area contributed by atoms with Gasteiger partial charge < -0.3 is 14.3 Å². The van der Waals surface area contributed by atoms with E-state index in [2.05, 4.69) is 33.0 Å². The number of nitrogens with zero attached hydrogens (tertiary/aromatic N) is 1. The van der Waals surface area contributed by atoms with E-state index in [1.54, 1.807) is 12.1 Å². The standard InChI is InChI=1S/C16H13BrN2O2/c17-15-6-5-14(21-15)16(20)19-8-7-11-10-3-1-2-4-12(10)18-13(11)9-19/h1-6,18H,7-9H2. The first kappa shape index (κ1) is 12.7. The quantitative estimate of drug-likeness (QED) is 0.731. The predicted molar refractivity (Wildman–Crippen MR) is 83.2 cm³/mol. The molecule has 3 aromatic rings. The normalized spacial score (nSPS) is 14.4. The Morgan fingerprint density at radius 3 is 2.90 bits per heavy atom. The maximum Gasteiger partial charge on any atom is 0.289 e. The van der Waals surface area contributed by atoms with Gasteiger partial charge in [0.25, 0.3) is 5.91 Å². The second-order valence-corrected chi connectivity index (χ2v) is 5.99. The molecular weight excluding hydrogens is 332 g/mol. The minimum atomic E-state index is -0.0648. The summed E-state index contributed by atoms with van der Waals surface area (Å²) in [5, 5.41) is 1.26. The highest BCUT2D eigenvalue weighted by Gasteiger charge is 2.26. The van der Waals surface area contributed by atoms with Gasteiger partial charge in [0.1, 0.15) is 0 Å². The van der Waals surface area contributed by atoms with Crippen LogP contribution in [0.25, 0.3) is 10.9 Å². The van der Waals surface area contributed by atoms with Crippen LogP contribution < -0.4 is 0 Å². The van der Waals surface area contributed by atoms with Crippen molar-refractivity contribution in [3.63, 3.8) is 0 Å². The van der Waals surface area contributed by atoms with Crippen LogP contribution in [0.15, 0.2) is 45.5 Å². The van der Waals surface area contributed by atoms with E-state index < -0.39 is 0 Å². The summed E-state index contributed by atoms with van der Waals surface area (Å²) in [5.74, 6) is 0.312. The summed E-state index contributed by atoms with van der Waals surface area (Å²) in [6, 6.07) is 11.7. The Morgan fingerprint density at radius 1 is 1.24 bits per heavy atom. The molecule has 1 aliphatic rings. The van der Waals surface area contributed by atoms with E-state index in [0.717, 1.165) is 17.6 Å². The molecule has 1 aromatic carbocycles. The van der Waals surface area contributed by atoms with Crippen molar-refractivity contribution >= 4 is 32.7 Å². The monoisotopic (exact) mass is 344 g/mol. The second-order valence-electron chi connectivity index (χ2n) is 5.21. The van der Waals surface area contributed by atoms with E-state index in [-0.39, 0.29) is 5.91 Å². The number of aromatic nitrogens is 1. The largest absolute Gasteiger partial charge is 0.444 e. The van der Waals surface area contributed by atoms with Crippen LogP contribution >= 0.6 is 15.9 Å². The number of benzene rings is 1. The van der Waals surface area contributed by atoms with Crippen molar-refractivity contribution in [1.82, 2.24) is 9.88 Å². The number of para-hydroxylation sites is 1. The lowest BCUT2D eigenvalue weighted by molar-refractivity contribution is 0.0699. The molecule has 1 amide bonds. The number of rotatable bonds is 1. The van der Waals surface area contributed by atoms with Gasteiger partial charge in [-0.05, 0) is 46.1 Å². The SMILES string of the molecule is O=C(c1ccc(Br)o1)N1CCc2c([nH]c3ccccc23)C1. The first-order valence-electron chi connectivity index (χ1n) is 6.85. The highest BCUT2D eigenvalue weighted by atomic mass is 79.9. The van der Waals surface area contributed by atoms with Crippen molar-refractivity contribution in [1.29, 1.82) is 0 Å². The number of hydrogen-bond donors (Lipinski definition) is 1. The number of amides is 1. The Kier molecular flexibility index (Phi) is 2.89. The number of nitrogens with one attached hydrogen (secondary N) is 1. The molecular formula is C16H13BrN2O2. The number of fused-ring (bicyclic) bond motifs is 3. The number of H-pyrrole nitrogens is 1. The zero-order chi connectivity index (χ0) is 14.4. The van der Waals surface area contributed by atoms with Gasteiger partial charge in [0.05, 0.1) is 6.54 Å². The zero-order valence-electron chi connectivity index (χ0n) is 11.2. The third-order valence-corrected chi connectivity index (χ3v) is 4.38. The average molecular weight is 345 g/mol. The molecule has 0 aliphatic carbocycles. The molecule has 0 saturated carbocycles. The molecule has 2 aromatic heterocycles. The lowest BCUT2D eigenvalue weighted by Crippen LogP contribution is -2.35. The molecule has 1 aliphatic heterocycles. The summed E-state index contributed by atoms with van der Waals surface area (Å²) in [6.45, 7) is 1.31. The second kappa shape index (κ2) is 4.77. The minimum absolute atomic E-state index is 0.0648. The topological polar surface area (TPSA) is 49.2 Å². The van der Waals surface area contributed by atoms with E-state index in [1.165, 1.54) is 10.9 Å². The van der Waals surface area contributed by atoms with E-state index in [1.807, 2.05) is 17.0 Å². The number of carbonyl (C=O) groups excluding carboxylic acids is 1. The fourth-order valence-corrected chi connectivity index (χ4v) is 3.26. The maximum absolute atomic E-state index is 12.4. The van der Waals surface area contributed by atoms with Crippen LogP contribution in [-0.4, -0.2) is 22.3 Å². The molecule has 1 N–H and O–H groups in total. The fourth-order valence-electron chi connectivity index (χ4n) is 2.95. The Morgan fingerprint density at radius 2 is 2.10 bits per heavy atom. The number of halogens is 1. The molecule has 0 atom stereocenters. The molecule has 0 saturated heterocycles. The third kappa shape index (κ3) is 2.08. The molecule has 0 unspecified atom stereocenters. The lowest BCUT2D eigenvalue weighted by atomic mass is 10.0. The smallest absolute Gasteiger partial charge is 0.289 e. The molecule has 4 rings (SSSR count). The van der Waals surface area contributed by atoms with Gasteiger partial charge in [-0.15, -0.1) is 0 Å². The fraction of sp³-hybridized carbons (Fsp3) is 0.188. The van der Waals surface area contributed by atoms with Crippen molar-refractivity contribution in [2.45, 2.75) is 13.0 Å². The van der Waals surface area contributed by atoms with Gasteiger partial charge in [-0.1, -0.05) is 18.2 Å². The molecule has 106 valence electrons. The van der Waals surface area contributed by atoms with Crippen LogP contribution in [0.1, 0.15) is 21.8 Å². The lowest BCUT2D eigenvalue weighted by Gasteiger charge is -2.26. The van der Waals surface area contributed by atoms with Crippen LogP contribution in [0.2, 0.25) is 0 Å². The van der Waals surface area contributed by atoms with Gasteiger partial charge in [0, 0.05) is 23.1 Å². The number of aromatic amines is 1. The molecule has 0 radical (unpaired) electrons. The van der Waals surface area contributed by atoms with Gasteiger partial charge >= 0.3 is 0 Å². The Hall–Kier alpha value is -2.01. The summed E-state index contributed by atoms with van der Waals surface area (Å²) in [5.41, 5.74) is 3.59. The summed E-state index contributed by atoms with van der Waals surface area (Å²) >= 11 is 3.23. The van der Waals surface area contributed by atoms with Crippen molar-refractivity contribution in [2.75, 3.05) is 6.54 Å². The highest BCUT2D eigenvalue weighted by Crippen LogP contribution is 2.28. The summed E-state index contributed by atoms with van der Waals surface area (Å²) in [4.78, 5) is 17.7. The summed E-state index contributed by atoms with van der Waals surface area (Å²) in [6.07, 6.45) is 0.868. The molecule has 0 spiro atoms. The number of furan rings is 1. The third-order valence-electron chi connectivity index (χ3n) is 3.95. The molecule has 4 nitrogen and oxygen atoms in total. The van der Waals surface area contributed by atoms with E-state index in [4.69, 9.17) is 4.42 Å². The number of carbonyl (C=O) groups is 1. The highest BCUT2D eigenvalue weighted by molar-refractivity contribution is 9.10. The maximum atomic E-state index is 12.4. The van der Waals surface area contributed by atoms with Gasteiger partial charge in [0.15, 0.2) is 10.4 Å². The predicted octanol–water partition coefficient (Wildman–Crippen LogP) is 3.72. The van der Waals surface area contributed by atoms with E-state index in [0.29, 0.717) is 23.5 Å². The minimum Gasteiger partial charge on any atom is -0.444 e.